The number of thiophene rings is 1. The Hall–Kier alpha value is -7.20. The van der Waals surface area contributed by atoms with Gasteiger partial charge in [-0.3, -0.25) is 0 Å². The van der Waals surface area contributed by atoms with Crippen LogP contribution in [0.2, 0.25) is 0 Å². The lowest BCUT2D eigenvalue weighted by Crippen LogP contribution is -2.11. The van der Waals surface area contributed by atoms with Crippen LogP contribution in [0.4, 0.5) is 17.1 Å². The smallest absolute Gasteiger partial charge is 0.0561 e. The summed E-state index contributed by atoms with van der Waals surface area (Å²) in [6.07, 6.45) is 0. The maximum atomic E-state index is 2.42. The Morgan fingerprint density at radius 1 is 0.351 bits per heavy atom. The van der Waals surface area contributed by atoms with Crippen molar-refractivity contribution in [1.29, 1.82) is 0 Å². The van der Waals surface area contributed by atoms with E-state index in [2.05, 4.69) is 228 Å². The molecule has 268 valence electrons. The van der Waals surface area contributed by atoms with Crippen molar-refractivity contribution >= 4 is 70.4 Å². The van der Waals surface area contributed by atoms with E-state index in [1.807, 2.05) is 11.3 Å². The summed E-state index contributed by atoms with van der Waals surface area (Å²) in [5.74, 6) is 0. The van der Waals surface area contributed by atoms with E-state index in [0.29, 0.717) is 0 Å². The molecular weight excluding hydrogens is 709 g/mol. The van der Waals surface area contributed by atoms with Crippen LogP contribution in [0.5, 0.6) is 0 Å². The Labute approximate surface area is 335 Å². The molecular formula is C54H36N2S. The average Bonchev–Trinajstić information content (AvgIpc) is 3.83. The first kappa shape index (κ1) is 33.2. The minimum absolute atomic E-state index is 1.09. The quantitative estimate of drug-likeness (QED) is 0.158. The van der Waals surface area contributed by atoms with Crippen molar-refractivity contribution in [2.45, 2.75) is 0 Å². The van der Waals surface area contributed by atoms with Crippen LogP contribution in [0.1, 0.15) is 0 Å². The number of hydrogen-bond acceptors (Lipinski definition) is 2. The summed E-state index contributed by atoms with van der Waals surface area (Å²) < 4.78 is 5.06. The van der Waals surface area contributed by atoms with Crippen molar-refractivity contribution in [3.05, 3.63) is 218 Å². The van der Waals surface area contributed by atoms with Gasteiger partial charge in [-0.1, -0.05) is 164 Å². The minimum Gasteiger partial charge on any atom is -0.310 e. The molecule has 0 radical (unpaired) electrons. The Morgan fingerprint density at radius 2 is 0.912 bits per heavy atom. The van der Waals surface area contributed by atoms with E-state index >= 15 is 0 Å². The predicted octanol–water partition coefficient (Wildman–Crippen LogP) is 15.6. The maximum Gasteiger partial charge on any atom is 0.0561 e. The molecule has 0 amide bonds. The van der Waals surface area contributed by atoms with Gasteiger partial charge in [0, 0.05) is 53.6 Å². The lowest BCUT2D eigenvalue weighted by molar-refractivity contribution is 1.18. The van der Waals surface area contributed by atoms with E-state index in [4.69, 9.17) is 0 Å². The standard InChI is InChI=1S/C54H36N2S/c1-3-14-37(15-4-1)38-26-30-42(31-27-38)56-51-24-11-8-19-46(51)47-35-34-43(36-52(47)56)55(50-23-10-7-18-44(50)39-16-5-2-6-17-39)41-32-28-40(29-33-41)45-21-13-22-49-48-20-9-12-25-53(48)57-54(45)49/h1-36H. The van der Waals surface area contributed by atoms with Gasteiger partial charge in [-0.25, -0.2) is 0 Å². The van der Waals surface area contributed by atoms with Crippen LogP contribution in [-0.4, -0.2) is 4.57 Å². The lowest BCUT2D eigenvalue weighted by atomic mass is 10.00. The van der Waals surface area contributed by atoms with E-state index in [-0.39, 0.29) is 0 Å². The second-order valence-corrected chi connectivity index (χ2v) is 15.6. The number of anilines is 3. The third-order valence-corrected chi connectivity index (χ3v) is 12.4. The highest BCUT2D eigenvalue weighted by Crippen LogP contribution is 2.45. The van der Waals surface area contributed by atoms with Gasteiger partial charge in [-0.05, 0) is 82.4 Å². The highest BCUT2D eigenvalue weighted by molar-refractivity contribution is 7.26. The molecule has 0 aliphatic rings. The van der Waals surface area contributed by atoms with E-state index in [0.717, 1.165) is 28.3 Å². The fraction of sp³-hybridized carbons (Fsp3) is 0. The number of benzene rings is 9. The normalized spacial score (nSPS) is 11.5. The van der Waals surface area contributed by atoms with Crippen molar-refractivity contribution in [2.24, 2.45) is 0 Å². The molecule has 2 heterocycles. The molecule has 0 bridgehead atoms. The fourth-order valence-electron chi connectivity index (χ4n) is 8.53. The zero-order valence-electron chi connectivity index (χ0n) is 31.1. The van der Waals surface area contributed by atoms with E-state index in [1.165, 1.54) is 69.8 Å². The fourth-order valence-corrected chi connectivity index (χ4v) is 9.77. The molecule has 0 saturated heterocycles. The number of aromatic nitrogens is 1. The summed E-state index contributed by atoms with van der Waals surface area (Å²) in [7, 11) is 0. The van der Waals surface area contributed by atoms with Gasteiger partial charge in [-0.2, -0.15) is 0 Å². The highest BCUT2D eigenvalue weighted by atomic mass is 32.1. The number of para-hydroxylation sites is 2. The Bertz CT molecular complexity index is 3210. The van der Waals surface area contributed by atoms with Crippen molar-refractivity contribution in [3.8, 4) is 39.1 Å². The largest absolute Gasteiger partial charge is 0.310 e. The molecule has 2 nitrogen and oxygen atoms in total. The first-order valence-electron chi connectivity index (χ1n) is 19.4. The number of nitrogens with zero attached hydrogens (tertiary/aromatic N) is 2. The van der Waals surface area contributed by atoms with Crippen LogP contribution < -0.4 is 4.90 Å². The van der Waals surface area contributed by atoms with Gasteiger partial charge in [0.25, 0.3) is 0 Å². The topological polar surface area (TPSA) is 8.17 Å². The minimum atomic E-state index is 1.09. The first-order valence-corrected chi connectivity index (χ1v) is 20.2. The van der Waals surface area contributed by atoms with Gasteiger partial charge in [0.05, 0.1) is 16.7 Å². The second-order valence-electron chi connectivity index (χ2n) is 14.5. The molecule has 0 N–H and O–H groups in total. The molecule has 0 fully saturated rings. The van der Waals surface area contributed by atoms with Crippen molar-refractivity contribution < 1.29 is 0 Å². The van der Waals surface area contributed by atoms with E-state index in [9.17, 15) is 0 Å². The van der Waals surface area contributed by atoms with Gasteiger partial charge < -0.3 is 9.47 Å². The number of hydrogen-bond donors (Lipinski definition) is 0. The van der Waals surface area contributed by atoms with Crippen LogP contribution in [0, 0.1) is 0 Å². The third-order valence-electron chi connectivity index (χ3n) is 11.2. The van der Waals surface area contributed by atoms with Crippen molar-refractivity contribution in [1.82, 2.24) is 4.57 Å². The van der Waals surface area contributed by atoms with Gasteiger partial charge >= 0.3 is 0 Å². The Kier molecular flexibility index (Phi) is 8.04. The molecule has 3 heteroatoms. The lowest BCUT2D eigenvalue weighted by Gasteiger charge is -2.28. The molecule has 0 atom stereocenters. The van der Waals surface area contributed by atoms with Crippen LogP contribution >= 0.6 is 11.3 Å². The summed E-state index contributed by atoms with van der Waals surface area (Å²) in [4.78, 5) is 2.42. The van der Waals surface area contributed by atoms with Gasteiger partial charge in [0.2, 0.25) is 0 Å². The molecule has 0 unspecified atom stereocenters. The number of fused-ring (bicyclic) bond motifs is 6. The van der Waals surface area contributed by atoms with Crippen LogP contribution in [-0.2, 0) is 0 Å². The molecule has 11 aromatic rings. The highest BCUT2D eigenvalue weighted by Gasteiger charge is 2.20. The van der Waals surface area contributed by atoms with Crippen LogP contribution in [0.25, 0.3) is 81.0 Å². The molecule has 9 aromatic carbocycles. The van der Waals surface area contributed by atoms with Gasteiger partial charge in [-0.15, -0.1) is 11.3 Å². The Morgan fingerprint density at radius 3 is 1.72 bits per heavy atom. The predicted molar refractivity (Wildman–Crippen MR) is 245 cm³/mol. The van der Waals surface area contributed by atoms with Crippen LogP contribution in [0.3, 0.4) is 0 Å². The van der Waals surface area contributed by atoms with Crippen molar-refractivity contribution in [2.75, 3.05) is 4.90 Å². The van der Waals surface area contributed by atoms with E-state index in [1.54, 1.807) is 0 Å². The number of rotatable bonds is 7. The molecule has 0 aliphatic carbocycles. The van der Waals surface area contributed by atoms with E-state index < -0.39 is 0 Å². The molecule has 0 aliphatic heterocycles. The summed E-state index contributed by atoms with van der Waals surface area (Å²) in [6.45, 7) is 0. The summed E-state index contributed by atoms with van der Waals surface area (Å²) >= 11 is 1.88. The first-order chi connectivity index (χ1) is 28.3. The molecule has 2 aromatic heterocycles. The molecule has 57 heavy (non-hydrogen) atoms. The zero-order chi connectivity index (χ0) is 37.7. The van der Waals surface area contributed by atoms with Crippen molar-refractivity contribution in [3.63, 3.8) is 0 Å². The maximum absolute atomic E-state index is 2.42. The molecule has 11 rings (SSSR count). The zero-order valence-corrected chi connectivity index (χ0v) is 31.9. The van der Waals surface area contributed by atoms with Gasteiger partial charge in [0.1, 0.15) is 0 Å². The SMILES string of the molecule is c1ccc(-c2ccc(-n3c4ccccc4c4ccc(N(c5ccc(-c6cccc7c6sc6ccccc67)cc5)c5ccccc5-c5ccccc5)cc43)cc2)cc1. The van der Waals surface area contributed by atoms with Crippen LogP contribution in [0.15, 0.2) is 218 Å². The monoisotopic (exact) mass is 744 g/mol. The molecule has 0 saturated carbocycles. The second kappa shape index (κ2) is 13.8. The third kappa shape index (κ3) is 5.71. The average molecular weight is 745 g/mol. The summed E-state index contributed by atoms with van der Waals surface area (Å²) in [5.41, 5.74) is 14.0. The molecule has 0 spiro atoms. The summed E-state index contributed by atoms with van der Waals surface area (Å²) in [6, 6.07) is 79.3. The van der Waals surface area contributed by atoms with Gasteiger partial charge in [0.15, 0.2) is 0 Å². The summed E-state index contributed by atoms with van der Waals surface area (Å²) in [5, 5.41) is 5.10. The Balaban J connectivity index is 1.09.